The molecule has 5 rings (SSSR count). The minimum Gasteiger partial charge on any atom is -0.354 e. The second kappa shape index (κ2) is 7.93. The van der Waals surface area contributed by atoms with Crippen LogP contribution in [0.1, 0.15) is 35.8 Å². The highest BCUT2D eigenvalue weighted by Gasteiger charge is 2.40. The van der Waals surface area contributed by atoms with Gasteiger partial charge in [0.1, 0.15) is 0 Å². The molecule has 2 aromatic heterocycles. The monoisotopic (exact) mass is 421 g/mol. The number of aromatic nitrogens is 5. The van der Waals surface area contributed by atoms with Crippen molar-refractivity contribution in [3.63, 3.8) is 0 Å². The van der Waals surface area contributed by atoms with Crippen molar-refractivity contribution in [3.8, 4) is 11.6 Å². The molecule has 3 heterocycles. The van der Waals surface area contributed by atoms with E-state index >= 15 is 0 Å². The Hall–Kier alpha value is -3.56. The smallest absolute Gasteiger partial charge is 0.280 e. The number of hydrogen-bond acceptors (Lipinski definition) is 7. The molecule has 1 aromatic carbocycles. The quantitative estimate of drug-likeness (QED) is 0.637. The van der Waals surface area contributed by atoms with Crippen LogP contribution in [0.25, 0.3) is 11.6 Å². The minimum absolute atomic E-state index is 0.0534. The Bertz CT molecular complexity index is 1120. The summed E-state index contributed by atoms with van der Waals surface area (Å²) in [6, 6.07) is 8.34. The zero-order chi connectivity index (χ0) is 21.4. The Kier molecular flexibility index (Phi) is 4.97. The van der Waals surface area contributed by atoms with Crippen molar-refractivity contribution in [1.29, 1.82) is 0 Å². The van der Waals surface area contributed by atoms with E-state index in [0.29, 0.717) is 37.0 Å². The van der Waals surface area contributed by atoms with Crippen LogP contribution in [0.2, 0.25) is 0 Å². The van der Waals surface area contributed by atoms with Gasteiger partial charge in [-0.3, -0.25) is 9.59 Å². The van der Waals surface area contributed by atoms with Gasteiger partial charge in [-0.05, 0) is 30.9 Å². The summed E-state index contributed by atoms with van der Waals surface area (Å²) >= 11 is 0. The lowest BCUT2D eigenvalue weighted by Crippen LogP contribution is -2.35. The highest BCUT2D eigenvalue weighted by atomic mass is 16.5. The van der Waals surface area contributed by atoms with Crippen LogP contribution >= 0.6 is 0 Å². The van der Waals surface area contributed by atoms with Crippen LogP contribution in [0.15, 0.2) is 35.0 Å². The van der Waals surface area contributed by atoms with Gasteiger partial charge in [0.15, 0.2) is 11.5 Å². The van der Waals surface area contributed by atoms with Crippen molar-refractivity contribution in [2.45, 2.75) is 38.8 Å². The number of rotatable bonds is 6. The fraction of sp³-hybridized carbons (Fsp3) is 0.429. The summed E-state index contributed by atoms with van der Waals surface area (Å²) in [5.74, 6) is 0.462. The van der Waals surface area contributed by atoms with Crippen LogP contribution in [0, 0.1) is 12.8 Å². The standard InChI is InChI=1S/C21H23N7O3/c1-13-23-21(31-25-13)17-12-27(26-24-17)9-8-22-20(30)15-10-19(29)28(11-15)18-7-6-14-4-2-3-5-16(14)18/h2-5,12,15,18H,6-11H2,1H3,(H,22,30)/t15-,18-/m0/s1. The number of hydrogen-bond donors (Lipinski definition) is 1. The van der Waals surface area contributed by atoms with Crippen LogP contribution in [-0.4, -0.2) is 54.9 Å². The third-order valence-corrected chi connectivity index (χ3v) is 5.93. The van der Waals surface area contributed by atoms with E-state index < -0.39 is 0 Å². The molecule has 10 nitrogen and oxygen atoms in total. The highest BCUT2D eigenvalue weighted by Crippen LogP contribution is 2.38. The number of likely N-dealkylation sites (tertiary alicyclic amines) is 1. The first-order chi connectivity index (χ1) is 15.1. The summed E-state index contributed by atoms with van der Waals surface area (Å²) < 4.78 is 6.68. The molecule has 2 amide bonds. The molecule has 0 spiro atoms. The summed E-state index contributed by atoms with van der Waals surface area (Å²) in [6.45, 7) is 3.04. The van der Waals surface area contributed by atoms with Crippen molar-refractivity contribution < 1.29 is 14.1 Å². The molecule has 1 saturated heterocycles. The van der Waals surface area contributed by atoms with Crippen LogP contribution < -0.4 is 5.32 Å². The van der Waals surface area contributed by atoms with Crippen LogP contribution in [0.5, 0.6) is 0 Å². The van der Waals surface area contributed by atoms with Gasteiger partial charge in [0, 0.05) is 19.5 Å². The molecule has 0 unspecified atom stereocenters. The van der Waals surface area contributed by atoms with Crippen LogP contribution in [0.3, 0.4) is 0 Å². The molecule has 0 radical (unpaired) electrons. The number of benzene rings is 1. The first-order valence-corrected chi connectivity index (χ1v) is 10.4. The third kappa shape index (κ3) is 3.80. The number of nitrogens with zero attached hydrogens (tertiary/aromatic N) is 6. The molecule has 1 fully saturated rings. The molecule has 2 atom stereocenters. The normalized spacial score (nSPS) is 20.3. The summed E-state index contributed by atoms with van der Waals surface area (Å²) in [4.78, 5) is 31.3. The average Bonchev–Trinajstić information content (AvgIpc) is 3.54. The maximum absolute atomic E-state index is 12.6. The van der Waals surface area contributed by atoms with Crippen LogP contribution in [0.4, 0.5) is 0 Å². The minimum atomic E-state index is -0.326. The number of carbonyl (C=O) groups excluding carboxylic acids is 2. The zero-order valence-electron chi connectivity index (χ0n) is 17.2. The Morgan fingerprint density at radius 2 is 2.19 bits per heavy atom. The van der Waals surface area contributed by atoms with Crippen molar-refractivity contribution >= 4 is 11.8 Å². The highest BCUT2D eigenvalue weighted by molar-refractivity contribution is 5.89. The van der Waals surface area contributed by atoms with Gasteiger partial charge in [-0.2, -0.15) is 4.98 Å². The van der Waals surface area contributed by atoms with Gasteiger partial charge in [-0.25, -0.2) is 4.68 Å². The molecule has 2 aliphatic rings. The number of nitrogens with one attached hydrogen (secondary N) is 1. The van der Waals surface area contributed by atoms with E-state index in [1.165, 1.54) is 11.1 Å². The van der Waals surface area contributed by atoms with E-state index in [4.69, 9.17) is 4.52 Å². The van der Waals surface area contributed by atoms with E-state index in [1.54, 1.807) is 17.8 Å². The first kappa shape index (κ1) is 19.4. The number of aryl methyl sites for hydroxylation is 2. The average molecular weight is 421 g/mol. The number of fused-ring (bicyclic) bond motifs is 1. The molecule has 31 heavy (non-hydrogen) atoms. The second-order valence-corrected chi connectivity index (χ2v) is 8.01. The molecular formula is C21H23N7O3. The predicted molar refractivity (Wildman–Crippen MR) is 108 cm³/mol. The summed E-state index contributed by atoms with van der Waals surface area (Å²) in [7, 11) is 0. The van der Waals surface area contributed by atoms with Crippen LogP contribution in [-0.2, 0) is 22.6 Å². The van der Waals surface area contributed by atoms with Crippen molar-refractivity contribution in [2.24, 2.45) is 5.92 Å². The van der Waals surface area contributed by atoms with E-state index in [0.717, 1.165) is 12.8 Å². The van der Waals surface area contributed by atoms with E-state index in [-0.39, 0.29) is 30.2 Å². The molecule has 1 aliphatic heterocycles. The second-order valence-electron chi connectivity index (χ2n) is 8.01. The molecule has 3 aromatic rings. The molecule has 0 bridgehead atoms. The van der Waals surface area contributed by atoms with Crippen molar-refractivity contribution in [3.05, 3.63) is 47.4 Å². The Morgan fingerprint density at radius 3 is 3.03 bits per heavy atom. The van der Waals surface area contributed by atoms with Crippen molar-refractivity contribution in [1.82, 2.24) is 35.4 Å². The SMILES string of the molecule is Cc1noc(-c2cn(CCNC(=O)[C@H]3CC(=O)N([C@H]4CCc5ccccc54)C3)nn2)n1. The van der Waals surface area contributed by atoms with Crippen molar-refractivity contribution in [2.75, 3.05) is 13.1 Å². The summed E-state index contributed by atoms with van der Waals surface area (Å²) in [5.41, 5.74) is 3.01. The molecule has 160 valence electrons. The molecular weight excluding hydrogens is 398 g/mol. The lowest BCUT2D eigenvalue weighted by molar-refractivity contribution is -0.130. The number of carbonyl (C=O) groups is 2. The van der Waals surface area contributed by atoms with Gasteiger partial charge < -0.3 is 14.7 Å². The van der Waals surface area contributed by atoms with E-state index in [2.05, 4.69) is 37.9 Å². The summed E-state index contributed by atoms with van der Waals surface area (Å²) in [5, 5.41) is 14.7. The Morgan fingerprint density at radius 1 is 1.32 bits per heavy atom. The van der Waals surface area contributed by atoms with Gasteiger partial charge in [0.2, 0.25) is 11.8 Å². The maximum atomic E-state index is 12.6. The molecule has 1 N–H and O–H groups in total. The Labute approximate surface area is 178 Å². The third-order valence-electron chi connectivity index (χ3n) is 5.93. The lowest BCUT2D eigenvalue weighted by atomic mass is 10.1. The summed E-state index contributed by atoms with van der Waals surface area (Å²) in [6.07, 6.45) is 3.85. The van der Waals surface area contributed by atoms with Gasteiger partial charge in [-0.1, -0.05) is 34.6 Å². The topological polar surface area (TPSA) is 119 Å². The maximum Gasteiger partial charge on any atom is 0.280 e. The van der Waals surface area contributed by atoms with Gasteiger partial charge in [0.05, 0.1) is 24.7 Å². The molecule has 1 aliphatic carbocycles. The lowest BCUT2D eigenvalue weighted by Gasteiger charge is -2.25. The zero-order valence-corrected chi connectivity index (χ0v) is 17.2. The fourth-order valence-electron chi connectivity index (χ4n) is 4.41. The fourth-order valence-corrected chi connectivity index (χ4v) is 4.41. The first-order valence-electron chi connectivity index (χ1n) is 10.4. The van der Waals surface area contributed by atoms with Gasteiger partial charge >= 0.3 is 0 Å². The predicted octanol–water partition coefficient (Wildman–Crippen LogP) is 1.29. The van der Waals surface area contributed by atoms with Gasteiger partial charge in [0.25, 0.3) is 5.89 Å². The Balaban J connectivity index is 1.14. The molecule has 10 heteroatoms. The van der Waals surface area contributed by atoms with E-state index in [9.17, 15) is 9.59 Å². The van der Waals surface area contributed by atoms with E-state index in [1.807, 2.05) is 17.0 Å². The largest absolute Gasteiger partial charge is 0.354 e. The number of amides is 2. The molecule has 0 saturated carbocycles. The van der Waals surface area contributed by atoms with Gasteiger partial charge in [-0.15, -0.1) is 5.10 Å².